The molecule has 22 heavy (non-hydrogen) atoms. The number of carbonyl (C=O) groups excluding carboxylic acids is 1. The fraction of sp³-hybridized carbons (Fsp3) is 0.471. The minimum absolute atomic E-state index is 0.0434. The zero-order valence-electron chi connectivity index (χ0n) is 13.2. The summed E-state index contributed by atoms with van der Waals surface area (Å²) in [5.41, 5.74) is 1.66. The summed E-state index contributed by atoms with van der Waals surface area (Å²) in [6.45, 7) is 4.25. The lowest BCUT2D eigenvalue weighted by atomic mass is 10.1. The lowest BCUT2D eigenvalue weighted by Crippen LogP contribution is -2.33. The number of nitrogens with one attached hydrogen (secondary N) is 1. The van der Waals surface area contributed by atoms with Gasteiger partial charge in [0.15, 0.2) is 0 Å². The Hall–Kier alpha value is -1.75. The molecule has 0 fully saturated rings. The summed E-state index contributed by atoms with van der Waals surface area (Å²) in [4.78, 5) is 20.8. The molecule has 0 radical (unpaired) electrons. The molecule has 1 N–H and O–H groups in total. The summed E-state index contributed by atoms with van der Waals surface area (Å²) >= 11 is 1.53. The van der Waals surface area contributed by atoms with Gasteiger partial charge in [-0.1, -0.05) is 32.3 Å². The van der Waals surface area contributed by atoms with Gasteiger partial charge in [-0.25, -0.2) is 4.98 Å². The van der Waals surface area contributed by atoms with Gasteiger partial charge in [0.2, 0.25) is 5.91 Å². The zero-order valence-corrected chi connectivity index (χ0v) is 14.0. The molecule has 0 aromatic carbocycles. The molecule has 1 unspecified atom stereocenters. The molecule has 1 atom stereocenters. The van der Waals surface area contributed by atoms with Crippen LogP contribution in [0.3, 0.4) is 0 Å². The monoisotopic (exact) mass is 317 g/mol. The number of pyridine rings is 1. The fourth-order valence-electron chi connectivity index (χ4n) is 2.26. The number of thiazole rings is 1. The molecule has 2 heterocycles. The van der Waals surface area contributed by atoms with Crippen LogP contribution in [0.1, 0.15) is 45.2 Å². The number of rotatable bonds is 8. The average Bonchev–Trinajstić information content (AvgIpc) is 2.96. The number of amides is 1. The molecule has 2 aromatic heterocycles. The van der Waals surface area contributed by atoms with Crippen LogP contribution in [0.5, 0.6) is 0 Å². The number of hydrogen-bond donors (Lipinski definition) is 1. The lowest BCUT2D eigenvalue weighted by Gasteiger charge is -2.12. The highest BCUT2D eigenvalue weighted by Gasteiger charge is 2.11. The Labute approximate surface area is 136 Å². The van der Waals surface area contributed by atoms with Gasteiger partial charge in [-0.3, -0.25) is 9.78 Å². The number of nitrogens with zero attached hydrogens (tertiary/aromatic N) is 2. The molecular weight excluding hydrogens is 294 g/mol. The van der Waals surface area contributed by atoms with Crippen LogP contribution in [0.2, 0.25) is 0 Å². The van der Waals surface area contributed by atoms with E-state index in [0.29, 0.717) is 6.42 Å². The molecule has 0 aliphatic carbocycles. The number of hydrogen-bond acceptors (Lipinski definition) is 4. The molecule has 0 aliphatic rings. The van der Waals surface area contributed by atoms with Crippen LogP contribution in [-0.4, -0.2) is 21.9 Å². The second kappa shape index (κ2) is 8.63. The highest BCUT2D eigenvalue weighted by Crippen LogP contribution is 2.21. The molecule has 1 amide bonds. The van der Waals surface area contributed by atoms with Gasteiger partial charge in [0, 0.05) is 17.6 Å². The summed E-state index contributed by atoms with van der Waals surface area (Å²) in [5, 5.41) is 5.84. The second-order valence-corrected chi connectivity index (χ2v) is 6.36. The van der Waals surface area contributed by atoms with Crippen molar-refractivity contribution in [3.05, 3.63) is 35.5 Å². The topological polar surface area (TPSA) is 54.9 Å². The molecule has 2 aromatic rings. The van der Waals surface area contributed by atoms with Crippen molar-refractivity contribution in [2.75, 3.05) is 0 Å². The Morgan fingerprint density at radius 1 is 1.36 bits per heavy atom. The molecule has 0 bridgehead atoms. The van der Waals surface area contributed by atoms with E-state index in [2.05, 4.69) is 29.1 Å². The first-order valence-corrected chi connectivity index (χ1v) is 8.72. The Morgan fingerprint density at radius 3 is 2.95 bits per heavy atom. The van der Waals surface area contributed by atoms with Crippen LogP contribution in [0.15, 0.2) is 29.8 Å². The van der Waals surface area contributed by atoms with Crippen molar-refractivity contribution < 1.29 is 4.79 Å². The van der Waals surface area contributed by atoms with Crippen molar-refractivity contribution in [1.29, 1.82) is 0 Å². The fourth-order valence-corrected chi connectivity index (χ4v) is 3.05. The molecular formula is C17H23N3OS. The number of unbranched alkanes of at least 4 members (excludes halogenated alkanes) is 2. The van der Waals surface area contributed by atoms with Crippen molar-refractivity contribution in [2.24, 2.45) is 0 Å². The van der Waals surface area contributed by atoms with Gasteiger partial charge in [0.05, 0.1) is 17.8 Å². The van der Waals surface area contributed by atoms with E-state index < -0.39 is 0 Å². The van der Waals surface area contributed by atoms with Gasteiger partial charge in [0.25, 0.3) is 0 Å². The Morgan fingerprint density at radius 2 is 2.23 bits per heavy atom. The van der Waals surface area contributed by atoms with E-state index in [0.717, 1.165) is 22.8 Å². The van der Waals surface area contributed by atoms with Crippen LogP contribution in [0.4, 0.5) is 0 Å². The summed E-state index contributed by atoms with van der Waals surface area (Å²) in [5.74, 6) is 0.0434. The van der Waals surface area contributed by atoms with E-state index in [9.17, 15) is 4.79 Å². The predicted octanol–water partition coefficient (Wildman–Crippen LogP) is 3.83. The van der Waals surface area contributed by atoms with Crippen molar-refractivity contribution in [3.63, 3.8) is 0 Å². The Balaban J connectivity index is 1.83. The molecule has 0 spiro atoms. The largest absolute Gasteiger partial charge is 0.353 e. The predicted molar refractivity (Wildman–Crippen MR) is 90.8 cm³/mol. The lowest BCUT2D eigenvalue weighted by molar-refractivity contribution is -0.121. The van der Waals surface area contributed by atoms with E-state index in [1.54, 1.807) is 6.20 Å². The highest BCUT2D eigenvalue weighted by molar-refractivity contribution is 7.13. The summed E-state index contributed by atoms with van der Waals surface area (Å²) in [6, 6.07) is 5.98. The van der Waals surface area contributed by atoms with E-state index in [1.807, 2.05) is 23.6 Å². The quantitative estimate of drug-likeness (QED) is 0.753. The normalized spacial score (nSPS) is 12.1. The maximum absolute atomic E-state index is 12.0. The molecule has 0 aliphatic heterocycles. The van der Waals surface area contributed by atoms with Crippen molar-refractivity contribution >= 4 is 17.2 Å². The third-order valence-corrected chi connectivity index (χ3v) is 4.34. The molecule has 2 rings (SSSR count). The van der Waals surface area contributed by atoms with E-state index in [1.165, 1.54) is 30.6 Å². The smallest absolute Gasteiger partial charge is 0.226 e. The van der Waals surface area contributed by atoms with Gasteiger partial charge in [-0.05, 0) is 25.5 Å². The number of aromatic nitrogens is 2. The minimum atomic E-state index is 0.0434. The maximum Gasteiger partial charge on any atom is 0.226 e. The van der Waals surface area contributed by atoms with E-state index in [-0.39, 0.29) is 11.9 Å². The minimum Gasteiger partial charge on any atom is -0.353 e. The molecule has 118 valence electrons. The maximum atomic E-state index is 12.0. The molecule has 0 saturated heterocycles. The van der Waals surface area contributed by atoms with Crippen molar-refractivity contribution in [2.45, 2.75) is 52.0 Å². The van der Waals surface area contributed by atoms with Crippen molar-refractivity contribution in [1.82, 2.24) is 15.3 Å². The molecule has 4 nitrogen and oxygen atoms in total. The average molecular weight is 317 g/mol. The van der Waals surface area contributed by atoms with Crippen LogP contribution in [-0.2, 0) is 11.2 Å². The van der Waals surface area contributed by atoms with Crippen molar-refractivity contribution in [3.8, 4) is 10.7 Å². The molecule has 0 saturated carbocycles. The van der Waals surface area contributed by atoms with E-state index >= 15 is 0 Å². The van der Waals surface area contributed by atoms with Crippen LogP contribution in [0.25, 0.3) is 10.7 Å². The third-order valence-electron chi connectivity index (χ3n) is 3.43. The molecule has 5 heteroatoms. The first kappa shape index (κ1) is 16.6. The first-order chi connectivity index (χ1) is 10.7. The van der Waals surface area contributed by atoms with Crippen LogP contribution in [0, 0.1) is 0 Å². The van der Waals surface area contributed by atoms with Gasteiger partial charge in [-0.15, -0.1) is 11.3 Å². The van der Waals surface area contributed by atoms with Gasteiger partial charge < -0.3 is 5.32 Å². The third kappa shape index (κ3) is 5.22. The van der Waals surface area contributed by atoms with Crippen LogP contribution < -0.4 is 5.32 Å². The SMILES string of the molecule is CCCCCC(C)NC(=O)Cc1csc(-c2ccccn2)n1. The Kier molecular flexibility index (Phi) is 6.52. The van der Waals surface area contributed by atoms with Crippen LogP contribution >= 0.6 is 11.3 Å². The van der Waals surface area contributed by atoms with Gasteiger partial charge in [-0.2, -0.15) is 0 Å². The number of carbonyl (C=O) groups is 1. The Bertz CT molecular complexity index is 583. The van der Waals surface area contributed by atoms with Gasteiger partial charge >= 0.3 is 0 Å². The summed E-state index contributed by atoms with van der Waals surface area (Å²) in [6.07, 6.45) is 6.71. The zero-order chi connectivity index (χ0) is 15.8. The second-order valence-electron chi connectivity index (χ2n) is 5.50. The highest BCUT2D eigenvalue weighted by atomic mass is 32.1. The first-order valence-electron chi connectivity index (χ1n) is 7.84. The van der Waals surface area contributed by atoms with E-state index in [4.69, 9.17) is 0 Å². The van der Waals surface area contributed by atoms with Gasteiger partial charge in [0.1, 0.15) is 5.01 Å². The summed E-state index contributed by atoms with van der Waals surface area (Å²) in [7, 11) is 0. The summed E-state index contributed by atoms with van der Waals surface area (Å²) < 4.78 is 0. The standard InChI is InChI=1S/C17H23N3OS/c1-3-4-5-8-13(2)19-16(21)11-14-12-22-17(20-14)15-9-6-7-10-18-15/h6-7,9-10,12-13H,3-5,8,11H2,1-2H3,(H,19,21).